The highest BCUT2D eigenvalue weighted by molar-refractivity contribution is 5.68. The van der Waals surface area contributed by atoms with Gasteiger partial charge >= 0.3 is 6.09 Å². The van der Waals surface area contributed by atoms with Crippen molar-refractivity contribution >= 4 is 12.2 Å². The van der Waals surface area contributed by atoms with E-state index in [4.69, 9.17) is 4.74 Å². The molecule has 1 aliphatic rings. The van der Waals surface area contributed by atoms with E-state index in [1.54, 1.807) is 11.0 Å². The van der Waals surface area contributed by atoms with Crippen molar-refractivity contribution in [1.82, 2.24) is 4.90 Å². The smallest absolute Gasteiger partial charge is 0.410 e. The summed E-state index contributed by atoms with van der Waals surface area (Å²) in [5, 5.41) is 0. The van der Waals surface area contributed by atoms with E-state index in [9.17, 15) is 9.59 Å². The number of hydrogen-bond acceptors (Lipinski definition) is 4. The van der Waals surface area contributed by atoms with E-state index < -0.39 is 5.60 Å². The molecule has 0 aromatic heterocycles. The van der Waals surface area contributed by atoms with E-state index in [1.165, 1.54) is 0 Å². The molecule has 0 aromatic rings. The third-order valence-corrected chi connectivity index (χ3v) is 3.05. The van der Waals surface area contributed by atoms with Crippen LogP contribution < -0.4 is 0 Å². The SMILES string of the molecule is CC(N=C=O)C1CCCN(C(=O)OC(C)(C)C)C1. The molecule has 0 aliphatic carbocycles. The van der Waals surface area contributed by atoms with Gasteiger partial charge in [-0.2, -0.15) is 0 Å². The summed E-state index contributed by atoms with van der Waals surface area (Å²) in [5.41, 5.74) is -0.476. The average Bonchev–Trinajstić information content (AvgIpc) is 2.27. The number of ether oxygens (including phenoxy) is 1. The minimum absolute atomic E-state index is 0.0901. The molecule has 0 saturated carbocycles. The molecule has 1 fully saturated rings. The second kappa shape index (κ2) is 6.01. The molecule has 0 bridgehead atoms. The van der Waals surface area contributed by atoms with Gasteiger partial charge in [-0.15, -0.1) is 0 Å². The minimum Gasteiger partial charge on any atom is -0.444 e. The molecule has 0 spiro atoms. The number of carbonyl (C=O) groups is 1. The summed E-state index contributed by atoms with van der Waals surface area (Å²) in [6, 6.07) is -0.0901. The highest BCUT2D eigenvalue weighted by Gasteiger charge is 2.29. The molecule has 1 heterocycles. The highest BCUT2D eigenvalue weighted by atomic mass is 16.6. The van der Waals surface area contributed by atoms with E-state index in [0.29, 0.717) is 13.1 Å². The van der Waals surface area contributed by atoms with Crippen molar-refractivity contribution in [2.75, 3.05) is 13.1 Å². The van der Waals surface area contributed by atoms with Crippen LogP contribution in [0, 0.1) is 5.92 Å². The Bertz CT molecular complexity index is 343. The quantitative estimate of drug-likeness (QED) is 0.561. The summed E-state index contributed by atoms with van der Waals surface area (Å²) in [6.45, 7) is 8.75. The zero-order chi connectivity index (χ0) is 13.8. The van der Waals surface area contributed by atoms with Gasteiger partial charge in [-0.3, -0.25) is 0 Å². The molecule has 0 aromatic carbocycles. The molecule has 5 nitrogen and oxygen atoms in total. The minimum atomic E-state index is -0.476. The number of carbonyl (C=O) groups excluding carboxylic acids is 2. The molecule has 1 saturated heterocycles. The van der Waals surface area contributed by atoms with Gasteiger partial charge < -0.3 is 9.64 Å². The lowest BCUT2D eigenvalue weighted by Gasteiger charge is -2.35. The topological polar surface area (TPSA) is 59.0 Å². The number of nitrogens with zero attached hydrogens (tertiary/aromatic N) is 2. The summed E-state index contributed by atoms with van der Waals surface area (Å²) in [7, 11) is 0. The van der Waals surface area contributed by atoms with Crippen LogP contribution in [0.1, 0.15) is 40.5 Å². The lowest BCUT2D eigenvalue weighted by molar-refractivity contribution is 0.0156. The third-order valence-electron chi connectivity index (χ3n) is 3.05. The first kappa shape index (κ1) is 14.7. The van der Waals surface area contributed by atoms with Gasteiger partial charge in [-0.05, 0) is 46.5 Å². The van der Waals surface area contributed by atoms with Gasteiger partial charge in [0.25, 0.3) is 0 Å². The van der Waals surface area contributed by atoms with E-state index in [2.05, 4.69) is 4.99 Å². The molecular weight excluding hydrogens is 232 g/mol. The van der Waals surface area contributed by atoms with E-state index >= 15 is 0 Å². The number of hydrogen-bond donors (Lipinski definition) is 0. The monoisotopic (exact) mass is 254 g/mol. The Morgan fingerprint density at radius 3 is 2.72 bits per heavy atom. The van der Waals surface area contributed by atoms with Gasteiger partial charge in [0.1, 0.15) is 5.60 Å². The average molecular weight is 254 g/mol. The van der Waals surface area contributed by atoms with Gasteiger partial charge in [0.15, 0.2) is 0 Å². The molecule has 102 valence electrons. The molecule has 1 aliphatic heterocycles. The lowest BCUT2D eigenvalue weighted by Crippen LogP contribution is -2.44. The van der Waals surface area contributed by atoms with Crippen molar-refractivity contribution in [3.63, 3.8) is 0 Å². The fourth-order valence-corrected chi connectivity index (χ4v) is 2.08. The number of rotatable bonds is 2. The zero-order valence-corrected chi connectivity index (χ0v) is 11.6. The molecule has 0 radical (unpaired) electrons. The Morgan fingerprint density at radius 1 is 1.50 bits per heavy atom. The van der Waals surface area contributed by atoms with Gasteiger partial charge in [0.2, 0.25) is 6.08 Å². The molecule has 2 unspecified atom stereocenters. The van der Waals surface area contributed by atoms with Crippen LogP contribution in [-0.4, -0.2) is 41.8 Å². The Kier molecular flexibility index (Phi) is 4.91. The maximum atomic E-state index is 11.9. The fraction of sp³-hybridized carbons (Fsp3) is 0.846. The van der Waals surface area contributed by atoms with Crippen molar-refractivity contribution in [2.45, 2.75) is 52.2 Å². The molecule has 2 atom stereocenters. The number of isocyanates is 1. The predicted molar refractivity (Wildman–Crippen MR) is 68.1 cm³/mol. The van der Waals surface area contributed by atoms with Crippen LogP contribution in [0.2, 0.25) is 0 Å². The van der Waals surface area contributed by atoms with Crippen LogP contribution in [-0.2, 0) is 9.53 Å². The highest BCUT2D eigenvalue weighted by Crippen LogP contribution is 2.23. The number of likely N-dealkylation sites (tertiary alicyclic amines) is 1. The first-order valence-corrected chi connectivity index (χ1v) is 6.38. The van der Waals surface area contributed by atoms with Crippen LogP contribution >= 0.6 is 0 Å². The summed E-state index contributed by atoms with van der Waals surface area (Å²) < 4.78 is 5.34. The second-order valence-electron chi connectivity index (χ2n) is 5.79. The third kappa shape index (κ3) is 4.49. The fourth-order valence-electron chi connectivity index (χ4n) is 2.08. The van der Waals surface area contributed by atoms with Gasteiger partial charge in [-0.1, -0.05) is 0 Å². The maximum absolute atomic E-state index is 11.9. The van der Waals surface area contributed by atoms with Crippen LogP contribution in [0.15, 0.2) is 4.99 Å². The number of piperidine rings is 1. The summed E-state index contributed by atoms with van der Waals surface area (Å²) in [6.07, 6.45) is 3.20. The standard InChI is InChI=1S/C13H22N2O3/c1-10(14-9-16)11-6-5-7-15(8-11)12(17)18-13(2,3)4/h10-11H,5-8H2,1-4H3. The van der Waals surface area contributed by atoms with Crippen molar-refractivity contribution in [3.8, 4) is 0 Å². The second-order valence-corrected chi connectivity index (χ2v) is 5.79. The maximum Gasteiger partial charge on any atom is 0.410 e. The molecule has 18 heavy (non-hydrogen) atoms. The number of amides is 1. The van der Waals surface area contributed by atoms with Gasteiger partial charge in [-0.25, -0.2) is 14.6 Å². The van der Waals surface area contributed by atoms with Gasteiger partial charge in [0, 0.05) is 13.1 Å². The van der Waals surface area contributed by atoms with Crippen LogP contribution in [0.5, 0.6) is 0 Å². The molecule has 1 amide bonds. The predicted octanol–water partition coefficient (Wildman–Crippen LogP) is 2.36. The molecule has 5 heteroatoms. The van der Waals surface area contributed by atoms with E-state index in [1.807, 2.05) is 27.7 Å². The Morgan fingerprint density at radius 2 is 2.17 bits per heavy atom. The Balaban J connectivity index is 2.58. The summed E-state index contributed by atoms with van der Waals surface area (Å²) in [4.78, 5) is 27.6. The van der Waals surface area contributed by atoms with Crippen LogP contribution in [0.3, 0.4) is 0 Å². The van der Waals surface area contributed by atoms with Crippen molar-refractivity contribution in [2.24, 2.45) is 10.9 Å². The zero-order valence-electron chi connectivity index (χ0n) is 11.6. The first-order valence-electron chi connectivity index (χ1n) is 6.38. The largest absolute Gasteiger partial charge is 0.444 e. The summed E-state index contributed by atoms with van der Waals surface area (Å²) in [5.74, 6) is 0.215. The van der Waals surface area contributed by atoms with Crippen LogP contribution in [0.4, 0.5) is 4.79 Å². The van der Waals surface area contributed by atoms with Crippen molar-refractivity contribution < 1.29 is 14.3 Å². The van der Waals surface area contributed by atoms with E-state index in [-0.39, 0.29) is 18.1 Å². The first-order chi connectivity index (χ1) is 8.33. The summed E-state index contributed by atoms with van der Waals surface area (Å²) >= 11 is 0. The Labute approximate surface area is 108 Å². The molecular formula is C13H22N2O3. The van der Waals surface area contributed by atoms with Gasteiger partial charge in [0.05, 0.1) is 6.04 Å². The lowest BCUT2D eigenvalue weighted by atomic mass is 9.92. The van der Waals surface area contributed by atoms with Crippen molar-refractivity contribution in [1.29, 1.82) is 0 Å². The number of aliphatic imine (C=N–C) groups is 1. The molecule has 0 N–H and O–H groups in total. The molecule has 1 rings (SSSR count). The Hall–Kier alpha value is -1.35. The van der Waals surface area contributed by atoms with Crippen LogP contribution in [0.25, 0.3) is 0 Å². The van der Waals surface area contributed by atoms with E-state index in [0.717, 1.165) is 12.8 Å². The normalized spacial score (nSPS) is 22.0. The van der Waals surface area contributed by atoms with Crippen molar-refractivity contribution in [3.05, 3.63) is 0 Å².